The standard InChI is InChI=1S/C14H18BrNO3/c1-17-13-10(7-9-3-2-4-16-9)14-12(8-11(13)15)18-5-6-19-14/h8-9,16H,2-7H2,1H3. The van der Waals surface area contributed by atoms with E-state index in [0.29, 0.717) is 19.3 Å². The Morgan fingerprint density at radius 2 is 2.26 bits per heavy atom. The van der Waals surface area contributed by atoms with E-state index in [1.165, 1.54) is 12.8 Å². The quantitative estimate of drug-likeness (QED) is 0.926. The Balaban J connectivity index is 2.00. The largest absolute Gasteiger partial charge is 0.495 e. The zero-order chi connectivity index (χ0) is 13.2. The van der Waals surface area contributed by atoms with Crippen LogP contribution >= 0.6 is 15.9 Å². The van der Waals surface area contributed by atoms with Gasteiger partial charge in [0.05, 0.1) is 11.6 Å². The van der Waals surface area contributed by atoms with Crippen molar-refractivity contribution >= 4 is 15.9 Å². The van der Waals surface area contributed by atoms with Crippen LogP contribution in [0.5, 0.6) is 17.2 Å². The Morgan fingerprint density at radius 3 is 3.00 bits per heavy atom. The lowest BCUT2D eigenvalue weighted by molar-refractivity contribution is 0.168. The normalized spacial score (nSPS) is 21.5. The molecule has 104 valence electrons. The van der Waals surface area contributed by atoms with Crippen LogP contribution in [0.3, 0.4) is 0 Å². The number of fused-ring (bicyclic) bond motifs is 1. The third-order valence-electron chi connectivity index (χ3n) is 3.65. The first-order valence-corrected chi connectivity index (χ1v) is 7.47. The molecular formula is C14H18BrNO3. The van der Waals surface area contributed by atoms with E-state index in [9.17, 15) is 0 Å². The minimum Gasteiger partial charge on any atom is -0.495 e. The van der Waals surface area contributed by atoms with Gasteiger partial charge in [0.15, 0.2) is 11.5 Å². The molecule has 1 saturated heterocycles. The van der Waals surface area contributed by atoms with Crippen molar-refractivity contribution in [1.82, 2.24) is 5.32 Å². The minimum atomic E-state index is 0.498. The minimum absolute atomic E-state index is 0.498. The Hall–Kier alpha value is -0.940. The number of hydrogen-bond acceptors (Lipinski definition) is 4. The molecule has 0 aromatic heterocycles. The molecule has 0 amide bonds. The van der Waals surface area contributed by atoms with Crippen molar-refractivity contribution in [3.05, 3.63) is 16.1 Å². The van der Waals surface area contributed by atoms with E-state index in [2.05, 4.69) is 21.2 Å². The van der Waals surface area contributed by atoms with Gasteiger partial charge >= 0.3 is 0 Å². The van der Waals surface area contributed by atoms with Gasteiger partial charge in [-0.2, -0.15) is 0 Å². The summed E-state index contributed by atoms with van der Waals surface area (Å²) in [7, 11) is 1.70. The first-order chi connectivity index (χ1) is 9.29. The lowest BCUT2D eigenvalue weighted by atomic mass is 10.0. The van der Waals surface area contributed by atoms with E-state index in [1.807, 2.05) is 6.07 Å². The molecule has 1 atom stereocenters. The molecule has 3 rings (SSSR count). The molecule has 1 fully saturated rings. The molecule has 0 saturated carbocycles. The van der Waals surface area contributed by atoms with Crippen LogP contribution < -0.4 is 19.5 Å². The number of nitrogens with one attached hydrogen (secondary N) is 1. The highest BCUT2D eigenvalue weighted by molar-refractivity contribution is 9.10. The summed E-state index contributed by atoms with van der Waals surface area (Å²) in [4.78, 5) is 0. The lowest BCUT2D eigenvalue weighted by Crippen LogP contribution is -2.25. The second kappa shape index (κ2) is 5.59. The maximum absolute atomic E-state index is 5.81. The number of ether oxygens (including phenoxy) is 3. The van der Waals surface area contributed by atoms with E-state index >= 15 is 0 Å². The van der Waals surface area contributed by atoms with Crippen molar-refractivity contribution in [3.63, 3.8) is 0 Å². The average Bonchev–Trinajstić information content (AvgIpc) is 2.92. The fraction of sp³-hybridized carbons (Fsp3) is 0.571. The van der Waals surface area contributed by atoms with Gasteiger partial charge in [0.25, 0.3) is 0 Å². The molecule has 0 aliphatic carbocycles. The number of rotatable bonds is 3. The van der Waals surface area contributed by atoms with Gasteiger partial charge in [0.2, 0.25) is 0 Å². The monoisotopic (exact) mass is 327 g/mol. The van der Waals surface area contributed by atoms with Gasteiger partial charge in [-0.1, -0.05) is 0 Å². The van der Waals surface area contributed by atoms with Crippen LogP contribution in [0, 0.1) is 0 Å². The molecule has 5 heteroatoms. The number of methoxy groups -OCH3 is 1. The SMILES string of the molecule is COc1c(Br)cc2c(c1CC1CCCN1)OCCO2. The van der Waals surface area contributed by atoms with Crippen molar-refractivity contribution in [2.75, 3.05) is 26.9 Å². The van der Waals surface area contributed by atoms with Gasteiger partial charge in [0, 0.05) is 17.7 Å². The molecule has 2 aliphatic heterocycles. The molecule has 2 aliphatic rings. The van der Waals surface area contributed by atoms with Crippen LogP contribution in [0.1, 0.15) is 18.4 Å². The molecule has 1 unspecified atom stereocenters. The lowest BCUT2D eigenvalue weighted by Gasteiger charge is -2.25. The highest BCUT2D eigenvalue weighted by Gasteiger charge is 2.26. The third-order valence-corrected chi connectivity index (χ3v) is 4.24. The summed E-state index contributed by atoms with van der Waals surface area (Å²) in [5.74, 6) is 2.52. The van der Waals surface area contributed by atoms with Crippen LogP contribution in [0.4, 0.5) is 0 Å². The molecule has 1 aromatic rings. The van der Waals surface area contributed by atoms with Crippen LogP contribution in [-0.4, -0.2) is 32.9 Å². The molecular weight excluding hydrogens is 310 g/mol. The molecule has 0 spiro atoms. The maximum Gasteiger partial charge on any atom is 0.168 e. The summed E-state index contributed by atoms with van der Waals surface area (Å²) in [5.41, 5.74) is 1.10. The zero-order valence-electron chi connectivity index (χ0n) is 11.0. The molecule has 0 radical (unpaired) electrons. The highest BCUT2D eigenvalue weighted by Crippen LogP contribution is 2.45. The third kappa shape index (κ3) is 2.54. The zero-order valence-corrected chi connectivity index (χ0v) is 12.6. The predicted molar refractivity (Wildman–Crippen MR) is 76.4 cm³/mol. The summed E-state index contributed by atoms with van der Waals surface area (Å²) >= 11 is 3.55. The fourth-order valence-electron chi connectivity index (χ4n) is 2.79. The van der Waals surface area contributed by atoms with E-state index in [-0.39, 0.29) is 0 Å². The Kier molecular flexibility index (Phi) is 3.84. The van der Waals surface area contributed by atoms with Crippen LogP contribution in [0.15, 0.2) is 10.5 Å². The summed E-state index contributed by atoms with van der Waals surface area (Å²) in [6.07, 6.45) is 3.35. The van der Waals surface area contributed by atoms with Gasteiger partial charge < -0.3 is 19.5 Å². The molecule has 4 nitrogen and oxygen atoms in total. The first kappa shape index (κ1) is 13.1. The molecule has 0 bridgehead atoms. The van der Waals surface area contributed by atoms with E-state index in [1.54, 1.807) is 7.11 Å². The number of halogens is 1. The Bertz CT molecular complexity index is 472. The average molecular weight is 328 g/mol. The second-order valence-corrected chi connectivity index (χ2v) is 5.75. The molecule has 1 aromatic carbocycles. The highest BCUT2D eigenvalue weighted by atomic mass is 79.9. The first-order valence-electron chi connectivity index (χ1n) is 6.68. The van der Waals surface area contributed by atoms with Gasteiger partial charge in [-0.25, -0.2) is 0 Å². The summed E-state index contributed by atoms with van der Waals surface area (Å²) in [5, 5.41) is 3.52. The molecule has 2 heterocycles. The van der Waals surface area contributed by atoms with Crippen LogP contribution in [0.2, 0.25) is 0 Å². The van der Waals surface area contributed by atoms with E-state index in [0.717, 1.165) is 40.3 Å². The number of benzene rings is 1. The smallest absolute Gasteiger partial charge is 0.168 e. The topological polar surface area (TPSA) is 39.7 Å². The molecule has 19 heavy (non-hydrogen) atoms. The summed E-state index contributed by atoms with van der Waals surface area (Å²) in [6, 6.07) is 2.43. The second-order valence-electron chi connectivity index (χ2n) is 4.89. The van der Waals surface area contributed by atoms with Gasteiger partial charge in [-0.15, -0.1) is 0 Å². The maximum atomic E-state index is 5.81. The molecule has 1 N–H and O–H groups in total. The van der Waals surface area contributed by atoms with Crippen LogP contribution in [-0.2, 0) is 6.42 Å². The van der Waals surface area contributed by atoms with Gasteiger partial charge in [-0.3, -0.25) is 0 Å². The summed E-state index contributed by atoms with van der Waals surface area (Å²) in [6.45, 7) is 2.30. The van der Waals surface area contributed by atoms with Gasteiger partial charge in [-0.05, 0) is 41.7 Å². The predicted octanol–water partition coefficient (Wildman–Crippen LogP) is 2.52. The van der Waals surface area contributed by atoms with E-state index in [4.69, 9.17) is 14.2 Å². The fourth-order valence-corrected chi connectivity index (χ4v) is 3.40. The van der Waals surface area contributed by atoms with Crippen molar-refractivity contribution in [2.45, 2.75) is 25.3 Å². The summed E-state index contributed by atoms with van der Waals surface area (Å²) < 4.78 is 18.0. The van der Waals surface area contributed by atoms with Crippen molar-refractivity contribution in [2.24, 2.45) is 0 Å². The van der Waals surface area contributed by atoms with E-state index < -0.39 is 0 Å². The van der Waals surface area contributed by atoms with Crippen LogP contribution in [0.25, 0.3) is 0 Å². The Morgan fingerprint density at radius 1 is 1.42 bits per heavy atom. The number of hydrogen-bond donors (Lipinski definition) is 1. The Labute approximate surface area is 121 Å². The van der Waals surface area contributed by atoms with Crippen molar-refractivity contribution < 1.29 is 14.2 Å². The van der Waals surface area contributed by atoms with Crippen molar-refractivity contribution in [1.29, 1.82) is 0 Å². The van der Waals surface area contributed by atoms with Crippen molar-refractivity contribution in [3.8, 4) is 17.2 Å². The van der Waals surface area contributed by atoms with Gasteiger partial charge in [0.1, 0.15) is 19.0 Å².